The minimum atomic E-state index is -0.381. The van der Waals surface area contributed by atoms with Crippen LogP contribution in [0.2, 0.25) is 0 Å². The van der Waals surface area contributed by atoms with Gasteiger partial charge < -0.3 is 11.5 Å². The molecule has 0 fully saturated rings. The smallest absolute Gasteiger partial charge is 0.146 e. The minimum Gasteiger partial charge on any atom is -0.396 e. The molecule has 1 aromatic carbocycles. The number of anilines is 1. The molecule has 0 aromatic heterocycles. The maximum atomic E-state index is 13.4. The zero-order valence-electron chi connectivity index (χ0n) is 8.99. The third kappa shape index (κ3) is 1.63. The summed E-state index contributed by atoms with van der Waals surface area (Å²) in [6, 6.07) is 4.88. The van der Waals surface area contributed by atoms with E-state index in [1.54, 1.807) is 6.07 Å². The highest BCUT2D eigenvalue weighted by molar-refractivity contribution is 5.55. The molecule has 1 aliphatic carbocycles. The molecule has 2 rings (SSSR count). The van der Waals surface area contributed by atoms with Gasteiger partial charge in [-0.3, -0.25) is 0 Å². The molecule has 2 nitrogen and oxygen atoms in total. The summed E-state index contributed by atoms with van der Waals surface area (Å²) in [5, 5.41) is 0. The molecule has 0 saturated carbocycles. The average molecular weight is 218 g/mol. The molecule has 0 spiro atoms. The Morgan fingerprint density at radius 1 is 1.31 bits per heavy atom. The Hall–Kier alpha value is -1.61. The van der Waals surface area contributed by atoms with Gasteiger partial charge in [0.1, 0.15) is 5.82 Å². The molecule has 0 aliphatic heterocycles. The lowest BCUT2D eigenvalue weighted by Crippen LogP contribution is -2.34. The van der Waals surface area contributed by atoms with Gasteiger partial charge in [0.15, 0.2) is 0 Å². The molecular formula is C13H15FN2. The lowest BCUT2D eigenvalue weighted by atomic mass is 9.75. The van der Waals surface area contributed by atoms with Gasteiger partial charge in [0.25, 0.3) is 0 Å². The van der Waals surface area contributed by atoms with Crippen molar-refractivity contribution in [3.63, 3.8) is 0 Å². The van der Waals surface area contributed by atoms with E-state index in [1.807, 2.05) is 30.4 Å². The first-order valence-electron chi connectivity index (χ1n) is 5.28. The molecule has 1 atom stereocenters. The fraction of sp³-hybridized carbons (Fsp3) is 0.231. The van der Waals surface area contributed by atoms with Crippen molar-refractivity contribution in [2.24, 2.45) is 5.73 Å². The molecule has 0 heterocycles. The molecule has 0 amide bonds. The monoisotopic (exact) mass is 218 g/mol. The van der Waals surface area contributed by atoms with Crippen LogP contribution in [-0.4, -0.2) is 6.54 Å². The van der Waals surface area contributed by atoms with Gasteiger partial charge in [-0.25, -0.2) is 4.39 Å². The molecule has 0 bridgehead atoms. The molecule has 1 unspecified atom stereocenters. The number of rotatable bonds is 2. The summed E-state index contributed by atoms with van der Waals surface area (Å²) in [5.74, 6) is -0.381. The highest BCUT2D eigenvalue weighted by Gasteiger charge is 2.30. The Morgan fingerprint density at radius 2 is 2.12 bits per heavy atom. The van der Waals surface area contributed by atoms with Gasteiger partial charge in [0, 0.05) is 12.0 Å². The lowest BCUT2D eigenvalue weighted by molar-refractivity contribution is 0.544. The number of para-hydroxylation sites is 1. The Morgan fingerprint density at radius 3 is 2.75 bits per heavy atom. The van der Waals surface area contributed by atoms with E-state index < -0.39 is 0 Å². The Labute approximate surface area is 94.4 Å². The fourth-order valence-electron chi connectivity index (χ4n) is 2.10. The molecule has 1 aromatic rings. The normalized spacial score (nSPS) is 23.6. The van der Waals surface area contributed by atoms with E-state index in [4.69, 9.17) is 11.5 Å². The number of benzene rings is 1. The average Bonchev–Trinajstić information content (AvgIpc) is 2.33. The van der Waals surface area contributed by atoms with E-state index in [1.165, 1.54) is 6.07 Å². The third-order valence-electron chi connectivity index (χ3n) is 3.10. The van der Waals surface area contributed by atoms with Crippen LogP contribution in [0.15, 0.2) is 42.5 Å². The van der Waals surface area contributed by atoms with Crippen molar-refractivity contribution in [3.8, 4) is 0 Å². The van der Waals surface area contributed by atoms with Gasteiger partial charge in [0.2, 0.25) is 0 Å². The first kappa shape index (κ1) is 10.9. The first-order valence-corrected chi connectivity index (χ1v) is 5.28. The molecule has 0 radical (unpaired) electrons. The summed E-state index contributed by atoms with van der Waals surface area (Å²) in [7, 11) is 0. The lowest BCUT2D eigenvalue weighted by Gasteiger charge is -2.31. The second-order valence-corrected chi connectivity index (χ2v) is 4.05. The summed E-state index contributed by atoms with van der Waals surface area (Å²) < 4.78 is 13.4. The summed E-state index contributed by atoms with van der Waals surface area (Å²) in [4.78, 5) is 0. The van der Waals surface area contributed by atoms with Crippen LogP contribution in [0, 0.1) is 5.82 Å². The van der Waals surface area contributed by atoms with E-state index in [9.17, 15) is 4.39 Å². The van der Waals surface area contributed by atoms with Crippen LogP contribution in [-0.2, 0) is 5.41 Å². The predicted octanol–water partition coefficient (Wildman–Crippen LogP) is 2.12. The fourth-order valence-corrected chi connectivity index (χ4v) is 2.10. The van der Waals surface area contributed by atoms with Crippen molar-refractivity contribution in [1.82, 2.24) is 0 Å². The Balaban J connectivity index is 2.53. The molecule has 3 heteroatoms. The molecule has 1 aliphatic rings. The third-order valence-corrected chi connectivity index (χ3v) is 3.10. The van der Waals surface area contributed by atoms with Gasteiger partial charge in [0.05, 0.1) is 5.69 Å². The van der Waals surface area contributed by atoms with Gasteiger partial charge in [-0.1, -0.05) is 36.4 Å². The predicted molar refractivity (Wildman–Crippen MR) is 64.4 cm³/mol. The highest BCUT2D eigenvalue weighted by atomic mass is 19.1. The van der Waals surface area contributed by atoms with E-state index >= 15 is 0 Å². The number of nitrogens with two attached hydrogens (primary N) is 2. The second-order valence-electron chi connectivity index (χ2n) is 4.05. The number of halogens is 1. The van der Waals surface area contributed by atoms with Gasteiger partial charge >= 0.3 is 0 Å². The maximum Gasteiger partial charge on any atom is 0.146 e. The number of allylic oxidation sites excluding steroid dienone is 3. The number of nitrogen functional groups attached to an aromatic ring is 1. The van der Waals surface area contributed by atoms with Crippen LogP contribution in [0.3, 0.4) is 0 Å². The molecule has 84 valence electrons. The minimum absolute atomic E-state index is 0.202. The van der Waals surface area contributed by atoms with Crippen LogP contribution in [0.4, 0.5) is 10.1 Å². The summed E-state index contributed by atoms with van der Waals surface area (Å²) in [6.45, 7) is 0.418. The van der Waals surface area contributed by atoms with E-state index in [0.29, 0.717) is 6.54 Å². The number of hydrogen-bond donors (Lipinski definition) is 2. The quantitative estimate of drug-likeness (QED) is 0.747. The second kappa shape index (κ2) is 4.10. The van der Waals surface area contributed by atoms with Crippen LogP contribution in [0.1, 0.15) is 12.0 Å². The van der Waals surface area contributed by atoms with Crippen molar-refractivity contribution in [2.75, 3.05) is 12.3 Å². The van der Waals surface area contributed by atoms with Crippen LogP contribution in [0.5, 0.6) is 0 Å². The van der Waals surface area contributed by atoms with E-state index in [-0.39, 0.29) is 16.9 Å². The summed E-state index contributed by atoms with van der Waals surface area (Å²) >= 11 is 0. The van der Waals surface area contributed by atoms with Crippen molar-refractivity contribution < 1.29 is 4.39 Å². The SMILES string of the molecule is NCC1(c2cccc(F)c2N)C=CC=CC1. The zero-order chi connectivity index (χ0) is 11.6. The molecular weight excluding hydrogens is 203 g/mol. The van der Waals surface area contributed by atoms with Gasteiger partial charge in [-0.05, 0) is 18.1 Å². The molecule has 0 saturated heterocycles. The largest absolute Gasteiger partial charge is 0.396 e. The van der Waals surface area contributed by atoms with Gasteiger partial charge in [-0.2, -0.15) is 0 Å². The highest BCUT2D eigenvalue weighted by Crippen LogP contribution is 2.35. The summed E-state index contributed by atoms with van der Waals surface area (Å²) in [5.41, 5.74) is 12.2. The van der Waals surface area contributed by atoms with Crippen molar-refractivity contribution in [2.45, 2.75) is 11.8 Å². The topological polar surface area (TPSA) is 52.0 Å². The van der Waals surface area contributed by atoms with Crippen molar-refractivity contribution >= 4 is 5.69 Å². The van der Waals surface area contributed by atoms with Crippen LogP contribution >= 0.6 is 0 Å². The molecule has 16 heavy (non-hydrogen) atoms. The van der Waals surface area contributed by atoms with Crippen molar-refractivity contribution in [3.05, 3.63) is 53.9 Å². The standard InChI is InChI=1S/C13H15FN2/c14-11-6-4-5-10(12(11)16)13(9-15)7-2-1-3-8-13/h1-7H,8-9,15-16H2. The number of hydrogen-bond acceptors (Lipinski definition) is 2. The first-order chi connectivity index (χ1) is 7.69. The maximum absolute atomic E-state index is 13.4. The van der Waals surface area contributed by atoms with E-state index in [2.05, 4.69) is 0 Å². The summed E-state index contributed by atoms with van der Waals surface area (Å²) in [6.07, 6.45) is 8.67. The van der Waals surface area contributed by atoms with Crippen molar-refractivity contribution in [1.29, 1.82) is 0 Å². The van der Waals surface area contributed by atoms with Crippen LogP contribution in [0.25, 0.3) is 0 Å². The van der Waals surface area contributed by atoms with E-state index in [0.717, 1.165) is 12.0 Å². The Bertz CT molecular complexity index is 451. The zero-order valence-corrected chi connectivity index (χ0v) is 8.99. The van der Waals surface area contributed by atoms with Gasteiger partial charge in [-0.15, -0.1) is 0 Å². The molecule has 4 N–H and O–H groups in total. The van der Waals surface area contributed by atoms with Crippen LogP contribution < -0.4 is 11.5 Å². The Kier molecular flexibility index (Phi) is 2.79.